The van der Waals surface area contributed by atoms with E-state index in [-0.39, 0.29) is 36.9 Å². The smallest absolute Gasteiger partial charge is 0.258 e. The number of carbonyl (C=O) groups is 2. The fourth-order valence-corrected chi connectivity index (χ4v) is 2.86. The summed E-state index contributed by atoms with van der Waals surface area (Å²) < 4.78 is 1.38. The highest BCUT2D eigenvalue weighted by Gasteiger charge is 2.08. The van der Waals surface area contributed by atoms with Crippen molar-refractivity contribution >= 4 is 22.6 Å². The Bertz CT molecular complexity index is 827. The number of amides is 2. The predicted octanol–water partition coefficient (Wildman–Crippen LogP) is 0.966. The molecule has 0 bridgehead atoms. The Morgan fingerprint density at radius 2 is 1.70 bits per heavy atom. The number of hydrogen-bond donors (Lipinski definition) is 2. The van der Waals surface area contributed by atoms with Crippen LogP contribution in [0, 0.1) is 0 Å². The van der Waals surface area contributed by atoms with Gasteiger partial charge in [0.1, 0.15) is 6.54 Å². The van der Waals surface area contributed by atoms with Gasteiger partial charge < -0.3 is 20.1 Å². The van der Waals surface area contributed by atoms with E-state index in [2.05, 4.69) is 29.4 Å². The van der Waals surface area contributed by atoms with E-state index in [4.69, 9.17) is 0 Å². The molecule has 1 heterocycles. The summed E-state index contributed by atoms with van der Waals surface area (Å²) in [5, 5.41) is 6.97. The van der Waals surface area contributed by atoms with Gasteiger partial charge in [-0.2, -0.15) is 0 Å². The number of fused-ring (bicyclic) bond motifs is 1. The van der Waals surface area contributed by atoms with Gasteiger partial charge in [0.15, 0.2) is 0 Å². The molecule has 2 amide bonds. The van der Waals surface area contributed by atoms with Gasteiger partial charge in [-0.15, -0.1) is 0 Å². The van der Waals surface area contributed by atoms with Crippen LogP contribution in [0.15, 0.2) is 41.3 Å². The second-order valence-electron chi connectivity index (χ2n) is 6.31. The second kappa shape index (κ2) is 10.5. The third kappa shape index (κ3) is 6.21. The fraction of sp³-hybridized carbons (Fsp3) is 0.450. The molecule has 7 nitrogen and oxygen atoms in total. The molecule has 2 aromatic rings. The number of nitrogens with one attached hydrogen (secondary N) is 2. The molecule has 7 heteroatoms. The summed E-state index contributed by atoms with van der Waals surface area (Å²) in [5.41, 5.74) is -0.197. The first kappa shape index (κ1) is 20.6. The Morgan fingerprint density at radius 3 is 2.44 bits per heavy atom. The van der Waals surface area contributed by atoms with Crippen LogP contribution in [0.2, 0.25) is 0 Å². The normalized spacial score (nSPS) is 10.9. The Morgan fingerprint density at radius 1 is 1.00 bits per heavy atom. The summed E-state index contributed by atoms with van der Waals surface area (Å²) in [6, 6.07) is 9.08. The summed E-state index contributed by atoms with van der Waals surface area (Å²) in [4.78, 5) is 38.5. The quantitative estimate of drug-likeness (QED) is 0.651. The van der Waals surface area contributed by atoms with Crippen molar-refractivity contribution in [2.24, 2.45) is 0 Å². The molecular weight excluding hydrogens is 344 g/mol. The molecular formula is C20H28N4O3. The number of pyridine rings is 1. The van der Waals surface area contributed by atoms with Crippen LogP contribution in [0.25, 0.3) is 10.8 Å². The second-order valence-corrected chi connectivity index (χ2v) is 6.31. The minimum Gasteiger partial charge on any atom is -0.355 e. The van der Waals surface area contributed by atoms with Crippen LogP contribution < -0.4 is 16.2 Å². The first-order chi connectivity index (χ1) is 13.0. The van der Waals surface area contributed by atoms with Crippen molar-refractivity contribution in [3.05, 3.63) is 46.9 Å². The number of likely N-dealkylation sites (N-methyl/N-ethyl adjacent to an activating group) is 1. The molecule has 2 N–H and O–H groups in total. The van der Waals surface area contributed by atoms with Gasteiger partial charge >= 0.3 is 0 Å². The van der Waals surface area contributed by atoms with E-state index in [0.29, 0.717) is 11.9 Å². The zero-order chi connectivity index (χ0) is 19.6. The lowest BCUT2D eigenvalue weighted by Gasteiger charge is -2.17. The van der Waals surface area contributed by atoms with Crippen molar-refractivity contribution in [3.8, 4) is 0 Å². The number of hydrogen-bond acceptors (Lipinski definition) is 4. The SMILES string of the molecule is CCN(CC)CCNC(=O)CCNC(=O)Cn1ccc2ccccc2c1=O. The van der Waals surface area contributed by atoms with Crippen LogP contribution in [0.3, 0.4) is 0 Å². The van der Waals surface area contributed by atoms with E-state index in [1.165, 1.54) is 4.57 Å². The van der Waals surface area contributed by atoms with Crippen molar-refractivity contribution in [3.63, 3.8) is 0 Å². The van der Waals surface area contributed by atoms with Gasteiger partial charge in [0.05, 0.1) is 0 Å². The zero-order valence-corrected chi connectivity index (χ0v) is 16.0. The standard InChI is InChI=1S/C20H28N4O3/c1-3-23(4-2)14-12-22-18(25)9-11-21-19(26)15-24-13-10-16-7-5-6-8-17(16)20(24)27/h5-8,10,13H,3-4,9,11-12,14-15H2,1-2H3,(H,21,26)(H,22,25). The maximum atomic E-state index is 12.4. The molecule has 0 unspecified atom stereocenters. The Hall–Kier alpha value is -2.67. The predicted molar refractivity (Wildman–Crippen MR) is 107 cm³/mol. The van der Waals surface area contributed by atoms with Crippen LogP contribution in [-0.4, -0.2) is 54.0 Å². The van der Waals surface area contributed by atoms with Crippen LogP contribution in [0.4, 0.5) is 0 Å². The minimum absolute atomic E-state index is 0.0623. The van der Waals surface area contributed by atoms with Gasteiger partial charge in [-0.25, -0.2) is 0 Å². The van der Waals surface area contributed by atoms with Crippen molar-refractivity contribution in [1.29, 1.82) is 0 Å². The number of benzene rings is 1. The lowest BCUT2D eigenvalue weighted by atomic mass is 10.2. The maximum Gasteiger partial charge on any atom is 0.258 e. The Kier molecular flexibility index (Phi) is 8.00. The van der Waals surface area contributed by atoms with Gasteiger partial charge in [-0.3, -0.25) is 14.4 Å². The molecule has 27 heavy (non-hydrogen) atoms. The monoisotopic (exact) mass is 372 g/mol. The topological polar surface area (TPSA) is 83.4 Å². The average Bonchev–Trinajstić information content (AvgIpc) is 2.67. The number of aromatic nitrogens is 1. The molecule has 1 aromatic carbocycles. The van der Waals surface area contributed by atoms with Gasteiger partial charge in [0.25, 0.3) is 5.56 Å². The first-order valence-corrected chi connectivity index (χ1v) is 9.39. The molecule has 0 saturated heterocycles. The molecule has 0 atom stereocenters. The van der Waals surface area contributed by atoms with Gasteiger partial charge in [-0.05, 0) is 30.6 Å². The summed E-state index contributed by atoms with van der Waals surface area (Å²) in [6.45, 7) is 7.68. The molecule has 2 rings (SSSR count). The summed E-state index contributed by atoms with van der Waals surface area (Å²) >= 11 is 0. The van der Waals surface area contributed by atoms with Crippen molar-refractivity contribution in [2.45, 2.75) is 26.8 Å². The van der Waals surface area contributed by atoms with Crippen LogP contribution in [-0.2, 0) is 16.1 Å². The molecule has 0 aliphatic heterocycles. The van der Waals surface area contributed by atoms with E-state index < -0.39 is 0 Å². The Balaban J connectivity index is 1.74. The lowest BCUT2D eigenvalue weighted by molar-refractivity contribution is -0.122. The number of carbonyl (C=O) groups excluding carboxylic acids is 2. The molecule has 0 aliphatic carbocycles. The zero-order valence-electron chi connectivity index (χ0n) is 16.0. The van der Waals surface area contributed by atoms with Crippen LogP contribution in [0.1, 0.15) is 20.3 Å². The average molecular weight is 372 g/mol. The highest BCUT2D eigenvalue weighted by Crippen LogP contribution is 2.07. The maximum absolute atomic E-state index is 12.4. The molecule has 1 aromatic heterocycles. The van der Waals surface area contributed by atoms with E-state index in [0.717, 1.165) is 25.0 Å². The highest BCUT2D eigenvalue weighted by atomic mass is 16.2. The summed E-state index contributed by atoms with van der Waals surface area (Å²) in [7, 11) is 0. The molecule has 0 radical (unpaired) electrons. The van der Waals surface area contributed by atoms with Crippen molar-refractivity contribution < 1.29 is 9.59 Å². The van der Waals surface area contributed by atoms with E-state index >= 15 is 0 Å². The summed E-state index contributed by atoms with van der Waals surface area (Å²) in [6.07, 6.45) is 1.83. The lowest BCUT2D eigenvalue weighted by Crippen LogP contribution is -2.37. The molecule has 0 fully saturated rings. The van der Waals surface area contributed by atoms with E-state index in [9.17, 15) is 14.4 Å². The van der Waals surface area contributed by atoms with Gasteiger partial charge in [0.2, 0.25) is 11.8 Å². The fourth-order valence-electron chi connectivity index (χ4n) is 2.86. The highest BCUT2D eigenvalue weighted by molar-refractivity contribution is 5.82. The van der Waals surface area contributed by atoms with Gasteiger partial charge in [-0.1, -0.05) is 32.0 Å². The third-order valence-corrected chi connectivity index (χ3v) is 4.52. The molecule has 0 aliphatic rings. The number of rotatable bonds is 10. The van der Waals surface area contributed by atoms with Crippen LogP contribution in [0.5, 0.6) is 0 Å². The van der Waals surface area contributed by atoms with E-state index in [1.54, 1.807) is 18.3 Å². The van der Waals surface area contributed by atoms with Crippen LogP contribution >= 0.6 is 0 Å². The summed E-state index contributed by atoms with van der Waals surface area (Å²) in [5.74, 6) is -0.381. The minimum atomic E-state index is -0.289. The van der Waals surface area contributed by atoms with Gasteiger partial charge in [0, 0.05) is 37.6 Å². The van der Waals surface area contributed by atoms with Crippen molar-refractivity contribution in [2.75, 3.05) is 32.7 Å². The molecule has 146 valence electrons. The first-order valence-electron chi connectivity index (χ1n) is 9.39. The van der Waals surface area contributed by atoms with Crippen molar-refractivity contribution in [1.82, 2.24) is 20.1 Å². The molecule has 0 saturated carbocycles. The molecule has 0 spiro atoms. The van der Waals surface area contributed by atoms with E-state index in [1.807, 2.05) is 18.2 Å². The number of nitrogens with zero attached hydrogens (tertiary/aromatic N) is 2. The largest absolute Gasteiger partial charge is 0.355 e. The Labute approximate surface area is 159 Å². The third-order valence-electron chi connectivity index (χ3n) is 4.52.